The van der Waals surface area contributed by atoms with E-state index in [-0.39, 0.29) is 18.9 Å². The number of hydrogen-bond donors (Lipinski definition) is 3. The zero-order valence-electron chi connectivity index (χ0n) is 20.5. The largest absolute Gasteiger partial charge is 0.390 e. The van der Waals surface area contributed by atoms with E-state index >= 15 is 0 Å². The van der Waals surface area contributed by atoms with Gasteiger partial charge < -0.3 is 20.3 Å². The number of nitrogens with zero attached hydrogens (tertiary/aromatic N) is 1. The van der Waals surface area contributed by atoms with Gasteiger partial charge in [-0.3, -0.25) is 4.79 Å². The molecule has 0 spiro atoms. The molecular weight excluding hydrogens is 460 g/mol. The van der Waals surface area contributed by atoms with Crippen LogP contribution in [-0.4, -0.2) is 34.3 Å². The van der Waals surface area contributed by atoms with Crippen molar-refractivity contribution in [3.8, 4) is 0 Å². The Labute approximate surface area is 209 Å². The normalized spacial score (nSPS) is 13.0. The third-order valence-electron chi connectivity index (χ3n) is 6.43. The lowest BCUT2D eigenvalue weighted by molar-refractivity contribution is 0.0822. The van der Waals surface area contributed by atoms with Crippen molar-refractivity contribution in [2.24, 2.45) is 7.05 Å². The molecule has 2 atom stereocenters. The Balaban J connectivity index is 1.50. The van der Waals surface area contributed by atoms with Gasteiger partial charge in [0.25, 0.3) is 5.91 Å². The smallest absolute Gasteiger partial charge is 0.268 e. The Bertz CT molecular complexity index is 1330. The van der Waals surface area contributed by atoms with Crippen LogP contribution in [0.3, 0.4) is 0 Å². The van der Waals surface area contributed by atoms with Gasteiger partial charge in [-0.25, -0.2) is 8.78 Å². The molecule has 1 aromatic heterocycles. The van der Waals surface area contributed by atoms with Gasteiger partial charge in [-0.05, 0) is 53.8 Å². The molecule has 0 aliphatic heterocycles. The Morgan fingerprint density at radius 2 is 1.67 bits per heavy atom. The molecule has 4 rings (SSSR count). The van der Waals surface area contributed by atoms with E-state index < -0.39 is 23.8 Å². The highest BCUT2D eigenvalue weighted by Crippen LogP contribution is 2.19. The average molecular weight is 492 g/mol. The van der Waals surface area contributed by atoms with Crippen LogP contribution in [-0.2, 0) is 26.4 Å². The number of amides is 1. The second-order valence-corrected chi connectivity index (χ2v) is 9.08. The third kappa shape index (κ3) is 6.17. The first kappa shape index (κ1) is 25.5. The lowest BCUT2D eigenvalue weighted by Crippen LogP contribution is -2.49. The Morgan fingerprint density at radius 3 is 2.39 bits per heavy atom. The maximum absolute atomic E-state index is 13.8. The molecular formula is C29H31F2N3O2. The monoisotopic (exact) mass is 491 g/mol. The first-order valence-corrected chi connectivity index (χ1v) is 12.1. The lowest BCUT2D eigenvalue weighted by atomic mass is 10.00. The molecule has 0 radical (unpaired) electrons. The summed E-state index contributed by atoms with van der Waals surface area (Å²) in [4.78, 5) is 13.2. The molecule has 0 aliphatic rings. The standard InChI is InChI=1S/C29H31F2N3O2/c1-3-19-7-6-8-20(11-19)17-32-18-28(35)25(14-21-12-23(30)16-24(31)13-21)33-29(36)27-15-22-9-4-5-10-26(22)34(27)2/h4-13,15-16,25,28,32,35H,3,14,17-18H2,1-2H3,(H,33,36)/t25-,28-/m0/s1. The topological polar surface area (TPSA) is 66.3 Å². The number of rotatable bonds is 10. The second-order valence-electron chi connectivity index (χ2n) is 9.08. The molecule has 0 fully saturated rings. The van der Waals surface area contributed by atoms with Crippen LogP contribution in [0.2, 0.25) is 0 Å². The fraction of sp³-hybridized carbons (Fsp3) is 0.276. The number of aryl methyl sites for hydroxylation is 2. The minimum Gasteiger partial charge on any atom is -0.390 e. The van der Waals surface area contributed by atoms with Gasteiger partial charge >= 0.3 is 0 Å². The molecule has 0 saturated carbocycles. The van der Waals surface area contributed by atoms with Gasteiger partial charge in [0.05, 0.1) is 12.1 Å². The van der Waals surface area contributed by atoms with Crippen molar-refractivity contribution in [3.63, 3.8) is 0 Å². The number of nitrogens with one attached hydrogen (secondary N) is 2. The highest BCUT2D eigenvalue weighted by Gasteiger charge is 2.24. The summed E-state index contributed by atoms with van der Waals surface area (Å²) in [6.45, 7) is 2.83. The molecule has 7 heteroatoms. The van der Waals surface area contributed by atoms with E-state index in [1.54, 1.807) is 17.7 Å². The SMILES string of the molecule is CCc1cccc(CNC[C@H](O)[C@H](Cc2cc(F)cc(F)c2)NC(=O)c2cc3ccccc3n2C)c1. The summed E-state index contributed by atoms with van der Waals surface area (Å²) in [6, 6.07) is 20.1. The van der Waals surface area contributed by atoms with Crippen molar-refractivity contribution < 1.29 is 18.7 Å². The highest BCUT2D eigenvalue weighted by molar-refractivity contribution is 5.98. The summed E-state index contributed by atoms with van der Waals surface area (Å²) in [5.41, 5.74) is 4.00. The van der Waals surface area contributed by atoms with Crippen LogP contribution in [0.25, 0.3) is 10.9 Å². The maximum atomic E-state index is 13.8. The van der Waals surface area contributed by atoms with E-state index in [1.807, 2.05) is 36.4 Å². The number of fused-ring (bicyclic) bond motifs is 1. The highest BCUT2D eigenvalue weighted by atomic mass is 19.1. The number of aromatic nitrogens is 1. The predicted octanol–water partition coefficient (Wildman–Crippen LogP) is 4.51. The van der Waals surface area contributed by atoms with Crippen molar-refractivity contribution >= 4 is 16.8 Å². The molecule has 36 heavy (non-hydrogen) atoms. The van der Waals surface area contributed by atoms with E-state index in [4.69, 9.17) is 0 Å². The summed E-state index contributed by atoms with van der Waals surface area (Å²) in [5.74, 6) is -1.77. The van der Waals surface area contributed by atoms with Crippen molar-refractivity contribution in [1.29, 1.82) is 0 Å². The first-order chi connectivity index (χ1) is 17.3. The van der Waals surface area contributed by atoms with E-state index in [9.17, 15) is 18.7 Å². The molecule has 0 saturated heterocycles. The van der Waals surface area contributed by atoms with Gasteiger partial charge in [0.1, 0.15) is 17.3 Å². The van der Waals surface area contributed by atoms with Crippen molar-refractivity contribution in [2.45, 2.75) is 38.5 Å². The minimum atomic E-state index is -0.996. The quantitative estimate of drug-likeness (QED) is 0.306. The second kappa shape index (κ2) is 11.5. The zero-order chi connectivity index (χ0) is 25.7. The van der Waals surface area contributed by atoms with E-state index in [2.05, 4.69) is 29.7 Å². The van der Waals surface area contributed by atoms with Gasteiger partial charge in [0, 0.05) is 37.1 Å². The van der Waals surface area contributed by atoms with Crippen LogP contribution in [0, 0.1) is 11.6 Å². The van der Waals surface area contributed by atoms with Gasteiger partial charge in [-0.1, -0.05) is 49.4 Å². The van der Waals surface area contributed by atoms with Gasteiger partial charge in [0.15, 0.2) is 0 Å². The maximum Gasteiger partial charge on any atom is 0.268 e. The fourth-order valence-electron chi connectivity index (χ4n) is 4.48. The predicted molar refractivity (Wildman–Crippen MR) is 138 cm³/mol. The molecule has 5 nitrogen and oxygen atoms in total. The summed E-state index contributed by atoms with van der Waals surface area (Å²) >= 11 is 0. The number of aliphatic hydroxyl groups excluding tert-OH is 1. The van der Waals surface area contributed by atoms with Crippen LogP contribution < -0.4 is 10.6 Å². The van der Waals surface area contributed by atoms with Gasteiger partial charge in [-0.15, -0.1) is 0 Å². The molecule has 0 unspecified atom stereocenters. The van der Waals surface area contributed by atoms with Crippen molar-refractivity contribution in [3.05, 3.63) is 107 Å². The lowest BCUT2D eigenvalue weighted by Gasteiger charge is -2.25. The fourth-order valence-corrected chi connectivity index (χ4v) is 4.48. The molecule has 1 heterocycles. The molecule has 0 aliphatic carbocycles. The minimum absolute atomic E-state index is 0.0680. The summed E-state index contributed by atoms with van der Waals surface area (Å²) in [6.07, 6.45) is 0.00545. The Hall–Kier alpha value is -3.55. The Kier molecular flexibility index (Phi) is 8.13. The summed E-state index contributed by atoms with van der Waals surface area (Å²) in [5, 5.41) is 18.1. The number of halogens is 2. The van der Waals surface area contributed by atoms with Crippen LogP contribution >= 0.6 is 0 Å². The van der Waals surface area contributed by atoms with E-state index in [0.29, 0.717) is 17.8 Å². The number of benzene rings is 3. The Morgan fingerprint density at radius 1 is 0.944 bits per heavy atom. The molecule has 188 valence electrons. The van der Waals surface area contributed by atoms with E-state index in [0.717, 1.165) is 29.0 Å². The number of aliphatic hydroxyl groups is 1. The number of carbonyl (C=O) groups is 1. The molecule has 0 bridgehead atoms. The van der Waals surface area contributed by atoms with Crippen molar-refractivity contribution in [1.82, 2.24) is 15.2 Å². The van der Waals surface area contributed by atoms with E-state index in [1.165, 1.54) is 17.7 Å². The van der Waals surface area contributed by atoms with Crippen LogP contribution in [0.5, 0.6) is 0 Å². The third-order valence-corrected chi connectivity index (χ3v) is 6.43. The molecule has 1 amide bonds. The number of carbonyl (C=O) groups excluding carboxylic acids is 1. The summed E-state index contributed by atoms with van der Waals surface area (Å²) < 4.78 is 29.4. The zero-order valence-corrected chi connectivity index (χ0v) is 20.5. The van der Waals surface area contributed by atoms with Crippen LogP contribution in [0.15, 0.2) is 72.8 Å². The van der Waals surface area contributed by atoms with Crippen molar-refractivity contribution in [2.75, 3.05) is 6.54 Å². The molecule has 3 aromatic carbocycles. The molecule has 4 aromatic rings. The molecule has 3 N–H and O–H groups in total. The van der Waals surface area contributed by atoms with Crippen LogP contribution in [0.4, 0.5) is 8.78 Å². The number of hydrogen-bond acceptors (Lipinski definition) is 3. The van der Waals surface area contributed by atoms with Gasteiger partial charge in [0.2, 0.25) is 0 Å². The average Bonchev–Trinajstić information content (AvgIpc) is 3.20. The summed E-state index contributed by atoms with van der Waals surface area (Å²) in [7, 11) is 1.80. The van der Waals surface area contributed by atoms with Gasteiger partial charge in [-0.2, -0.15) is 0 Å². The number of para-hydroxylation sites is 1. The van der Waals surface area contributed by atoms with Crippen LogP contribution in [0.1, 0.15) is 34.1 Å². The first-order valence-electron chi connectivity index (χ1n) is 12.1.